The summed E-state index contributed by atoms with van der Waals surface area (Å²) in [6, 6.07) is -1.75. The molecule has 18 heavy (non-hydrogen) atoms. The summed E-state index contributed by atoms with van der Waals surface area (Å²) in [6.07, 6.45) is 0.0583. The molecule has 1 atom stereocenters. The van der Waals surface area contributed by atoms with Crippen molar-refractivity contribution in [2.75, 3.05) is 20.2 Å². The molecule has 8 nitrogen and oxygen atoms in total. The van der Waals surface area contributed by atoms with Crippen molar-refractivity contribution in [2.45, 2.75) is 25.3 Å². The van der Waals surface area contributed by atoms with Gasteiger partial charge in [-0.05, 0) is 12.8 Å². The molecule has 0 unspecified atom stereocenters. The number of aliphatic carboxylic acids is 2. The lowest BCUT2D eigenvalue weighted by Gasteiger charge is -2.20. The second-order valence-electron chi connectivity index (χ2n) is 3.77. The number of nitrogens with one attached hydrogen (secondary N) is 1. The van der Waals surface area contributed by atoms with E-state index in [9.17, 15) is 14.4 Å². The number of nitrogens with zero attached hydrogens (tertiary/aromatic N) is 1. The molecule has 4 N–H and O–H groups in total. The Labute approximate surface area is 104 Å². The van der Waals surface area contributed by atoms with Crippen molar-refractivity contribution in [3.8, 4) is 0 Å². The third kappa shape index (κ3) is 6.69. The van der Waals surface area contributed by atoms with Crippen molar-refractivity contribution in [3.63, 3.8) is 0 Å². The molecule has 0 aromatic rings. The topological polar surface area (TPSA) is 127 Å². The van der Waals surface area contributed by atoms with Crippen LogP contribution in [0.4, 0.5) is 4.79 Å². The van der Waals surface area contributed by atoms with E-state index in [1.165, 1.54) is 7.05 Å². The Morgan fingerprint density at radius 2 is 1.89 bits per heavy atom. The van der Waals surface area contributed by atoms with Crippen LogP contribution in [0.3, 0.4) is 0 Å². The Hall–Kier alpha value is -1.83. The van der Waals surface area contributed by atoms with Crippen LogP contribution in [0.25, 0.3) is 0 Å². The van der Waals surface area contributed by atoms with Crippen LogP contribution >= 0.6 is 0 Å². The highest BCUT2D eigenvalue weighted by atomic mass is 16.4. The van der Waals surface area contributed by atoms with Crippen LogP contribution < -0.4 is 5.32 Å². The number of amides is 2. The molecule has 104 valence electrons. The molecule has 0 aromatic heterocycles. The highest BCUT2D eigenvalue weighted by Crippen LogP contribution is 2.02. The molecule has 0 radical (unpaired) electrons. The first-order valence-electron chi connectivity index (χ1n) is 5.45. The second kappa shape index (κ2) is 8.29. The van der Waals surface area contributed by atoms with E-state index < -0.39 is 24.0 Å². The molecular weight excluding hydrogens is 244 g/mol. The minimum absolute atomic E-state index is 0.0420. The number of urea groups is 1. The van der Waals surface area contributed by atoms with Gasteiger partial charge in [-0.15, -0.1) is 0 Å². The van der Waals surface area contributed by atoms with E-state index in [2.05, 4.69) is 5.32 Å². The molecular formula is C10H18N2O6. The molecule has 0 spiro atoms. The zero-order chi connectivity index (χ0) is 14.1. The lowest BCUT2D eigenvalue weighted by atomic mass is 10.1. The molecule has 0 aliphatic heterocycles. The van der Waals surface area contributed by atoms with Gasteiger partial charge >= 0.3 is 18.0 Å². The maximum atomic E-state index is 11.5. The van der Waals surface area contributed by atoms with Crippen molar-refractivity contribution in [3.05, 3.63) is 0 Å². The smallest absolute Gasteiger partial charge is 0.326 e. The maximum absolute atomic E-state index is 11.5. The molecule has 0 aromatic carbocycles. The Morgan fingerprint density at radius 3 is 2.33 bits per heavy atom. The van der Waals surface area contributed by atoms with Gasteiger partial charge in [0.2, 0.25) is 0 Å². The fourth-order valence-corrected chi connectivity index (χ4v) is 1.23. The Balaban J connectivity index is 4.22. The minimum Gasteiger partial charge on any atom is -0.481 e. The highest BCUT2D eigenvalue weighted by Gasteiger charge is 2.21. The van der Waals surface area contributed by atoms with Crippen LogP contribution in [0.2, 0.25) is 0 Å². The summed E-state index contributed by atoms with van der Waals surface area (Å²) in [5, 5.41) is 28.2. The lowest BCUT2D eigenvalue weighted by Crippen LogP contribution is -2.47. The van der Waals surface area contributed by atoms with Crippen molar-refractivity contribution < 1.29 is 29.7 Å². The number of carboxylic acids is 2. The number of hydrogen-bond donors (Lipinski definition) is 4. The summed E-state index contributed by atoms with van der Waals surface area (Å²) < 4.78 is 0. The molecule has 2 amide bonds. The van der Waals surface area contributed by atoms with E-state index in [-0.39, 0.29) is 32.4 Å². The standard InChI is InChI=1S/C10H18N2O6/c1-12(5-6-13)10(18)11-7(9(16)17)3-2-4-8(14)15/h7,13H,2-6H2,1H3,(H,11,18)(H,14,15)(H,16,17)/t7-/m1/s1. The van der Waals surface area contributed by atoms with Crippen LogP contribution in [0.15, 0.2) is 0 Å². The number of likely N-dealkylation sites (N-methyl/N-ethyl adjacent to an activating group) is 1. The maximum Gasteiger partial charge on any atom is 0.326 e. The van der Waals surface area contributed by atoms with Crippen molar-refractivity contribution >= 4 is 18.0 Å². The number of carbonyl (C=O) groups is 3. The van der Waals surface area contributed by atoms with Crippen molar-refractivity contribution in [2.24, 2.45) is 0 Å². The van der Waals surface area contributed by atoms with Gasteiger partial charge < -0.3 is 25.5 Å². The zero-order valence-corrected chi connectivity index (χ0v) is 10.1. The largest absolute Gasteiger partial charge is 0.481 e. The zero-order valence-electron chi connectivity index (χ0n) is 10.1. The first-order valence-corrected chi connectivity index (χ1v) is 5.45. The lowest BCUT2D eigenvalue weighted by molar-refractivity contribution is -0.140. The number of hydrogen-bond acceptors (Lipinski definition) is 4. The Morgan fingerprint density at radius 1 is 1.28 bits per heavy atom. The van der Waals surface area contributed by atoms with Crippen molar-refractivity contribution in [1.82, 2.24) is 10.2 Å². The molecule has 0 aliphatic rings. The monoisotopic (exact) mass is 262 g/mol. The molecule has 0 fully saturated rings. The summed E-state index contributed by atoms with van der Waals surface area (Å²) >= 11 is 0. The van der Waals surface area contributed by atoms with Gasteiger partial charge in [0.05, 0.1) is 6.61 Å². The normalized spacial score (nSPS) is 11.7. The van der Waals surface area contributed by atoms with Gasteiger partial charge in [-0.1, -0.05) is 0 Å². The van der Waals surface area contributed by atoms with Crippen LogP contribution in [-0.2, 0) is 9.59 Å². The van der Waals surface area contributed by atoms with E-state index >= 15 is 0 Å². The Bertz CT molecular complexity index is 307. The number of aliphatic hydroxyl groups excluding tert-OH is 1. The first kappa shape index (κ1) is 16.2. The predicted octanol–water partition coefficient (Wildman–Crippen LogP) is -0.672. The summed E-state index contributed by atoms with van der Waals surface area (Å²) in [5.74, 6) is -2.23. The van der Waals surface area contributed by atoms with Crippen molar-refractivity contribution in [1.29, 1.82) is 0 Å². The van der Waals surface area contributed by atoms with Crippen LogP contribution in [-0.4, -0.2) is 64.4 Å². The van der Waals surface area contributed by atoms with Crippen LogP contribution in [0, 0.1) is 0 Å². The molecule has 0 rings (SSSR count). The number of carboxylic acid groups (broad SMARTS) is 2. The van der Waals surface area contributed by atoms with Gasteiger partial charge in [0.25, 0.3) is 0 Å². The van der Waals surface area contributed by atoms with Crippen LogP contribution in [0.1, 0.15) is 19.3 Å². The van der Waals surface area contributed by atoms with Gasteiger partial charge in [0.15, 0.2) is 0 Å². The van der Waals surface area contributed by atoms with Gasteiger partial charge in [0, 0.05) is 20.0 Å². The third-order valence-corrected chi connectivity index (χ3v) is 2.26. The van der Waals surface area contributed by atoms with Gasteiger partial charge in [-0.25, -0.2) is 9.59 Å². The first-order chi connectivity index (χ1) is 8.38. The summed E-state index contributed by atoms with van der Waals surface area (Å²) in [6.45, 7) is -0.131. The number of aliphatic hydroxyl groups is 1. The molecule has 0 saturated heterocycles. The van der Waals surface area contributed by atoms with E-state index in [1.54, 1.807) is 0 Å². The number of rotatable bonds is 8. The van der Waals surface area contributed by atoms with E-state index in [4.69, 9.17) is 15.3 Å². The SMILES string of the molecule is CN(CCO)C(=O)N[C@H](CCCC(=O)O)C(=O)O. The van der Waals surface area contributed by atoms with E-state index in [0.717, 1.165) is 4.90 Å². The summed E-state index contributed by atoms with van der Waals surface area (Å²) in [7, 11) is 1.42. The van der Waals surface area contributed by atoms with E-state index in [0.29, 0.717) is 0 Å². The summed E-state index contributed by atoms with van der Waals surface area (Å²) in [4.78, 5) is 33.8. The molecule has 0 aliphatic carbocycles. The minimum atomic E-state index is -1.22. The molecule has 8 heteroatoms. The second-order valence-corrected chi connectivity index (χ2v) is 3.77. The van der Waals surface area contributed by atoms with Gasteiger partial charge in [0.1, 0.15) is 6.04 Å². The summed E-state index contributed by atoms with van der Waals surface area (Å²) in [5.41, 5.74) is 0. The highest BCUT2D eigenvalue weighted by molar-refractivity contribution is 5.82. The third-order valence-electron chi connectivity index (χ3n) is 2.26. The molecule has 0 saturated carbocycles. The van der Waals surface area contributed by atoms with Gasteiger partial charge in [-0.3, -0.25) is 4.79 Å². The number of carbonyl (C=O) groups excluding carboxylic acids is 1. The van der Waals surface area contributed by atoms with Gasteiger partial charge in [-0.2, -0.15) is 0 Å². The average Bonchev–Trinajstić information content (AvgIpc) is 2.27. The molecule has 0 bridgehead atoms. The average molecular weight is 262 g/mol. The molecule has 0 heterocycles. The fraction of sp³-hybridized carbons (Fsp3) is 0.700. The van der Waals surface area contributed by atoms with Crippen LogP contribution in [0.5, 0.6) is 0 Å². The Kier molecular flexibility index (Phi) is 7.45. The van der Waals surface area contributed by atoms with E-state index in [1.807, 2.05) is 0 Å². The quantitative estimate of drug-likeness (QED) is 0.459. The fourth-order valence-electron chi connectivity index (χ4n) is 1.23. The predicted molar refractivity (Wildman–Crippen MR) is 61.2 cm³/mol.